The molecule has 138 valence electrons. The minimum Gasteiger partial charge on any atom is -0.300 e. The smallest absolute Gasteiger partial charge is 0.162 e. The van der Waals surface area contributed by atoms with Crippen molar-refractivity contribution in [2.75, 3.05) is 0 Å². The normalized spacial score (nSPS) is 14.8. The molecule has 27 heavy (non-hydrogen) atoms. The molecule has 1 aliphatic rings. The maximum Gasteiger partial charge on any atom is 0.162 e. The number of Topliss-reactive ketones (excluding diaryl/α,β-unsaturated/α-hetero) is 1. The van der Waals surface area contributed by atoms with Crippen LogP contribution in [0, 0.1) is 6.92 Å². The summed E-state index contributed by atoms with van der Waals surface area (Å²) < 4.78 is 2.02. The largest absolute Gasteiger partial charge is 0.300 e. The van der Waals surface area contributed by atoms with E-state index in [1.54, 1.807) is 6.92 Å². The summed E-state index contributed by atoms with van der Waals surface area (Å²) in [5.74, 6) is 1.59. The minimum absolute atomic E-state index is 0.0827. The summed E-state index contributed by atoms with van der Waals surface area (Å²) in [4.78, 5) is 16.8. The highest BCUT2D eigenvalue weighted by Gasteiger charge is 2.28. The van der Waals surface area contributed by atoms with Gasteiger partial charge in [0.2, 0.25) is 0 Å². The Kier molecular flexibility index (Phi) is 5.60. The number of para-hydroxylation sites is 1. The number of benzene rings is 2. The first kappa shape index (κ1) is 18.7. The third kappa shape index (κ3) is 3.58. The number of rotatable bonds is 3. The molecule has 0 N–H and O–H groups in total. The number of aryl methyl sites for hydroxylation is 1. The molecule has 0 amide bonds. The molecule has 0 spiro atoms. The van der Waals surface area contributed by atoms with Crippen molar-refractivity contribution in [3.63, 3.8) is 0 Å². The molecule has 0 radical (unpaired) electrons. The van der Waals surface area contributed by atoms with E-state index in [1.165, 1.54) is 0 Å². The topological polar surface area (TPSA) is 60.1 Å². The molecule has 0 unspecified atom stereocenters. The Labute approximate surface area is 159 Å². The number of hydrogen-bond donors (Lipinski definition) is 0. The summed E-state index contributed by atoms with van der Waals surface area (Å²) in [6.45, 7) is 7.51. The Balaban J connectivity index is 0.00000102. The lowest BCUT2D eigenvalue weighted by Crippen LogP contribution is -2.09. The van der Waals surface area contributed by atoms with Crippen LogP contribution in [-0.2, 0) is 4.79 Å². The Morgan fingerprint density at radius 3 is 2.37 bits per heavy atom. The van der Waals surface area contributed by atoms with Gasteiger partial charge in [-0.2, -0.15) is 0 Å². The maximum atomic E-state index is 11.8. The first-order valence-corrected chi connectivity index (χ1v) is 9.29. The molecule has 1 aliphatic heterocycles. The molecule has 0 bridgehead atoms. The highest BCUT2D eigenvalue weighted by Crippen LogP contribution is 2.32. The van der Waals surface area contributed by atoms with Crippen LogP contribution in [-0.4, -0.2) is 26.3 Å². The number of carbonyl (C=O) groups is 1. The van der Waals surface area contributed by atoms with Crippen molar-refractivity contribution in [1.29, 1.82) is 0 Å². The van der Waals surface area contributed by atoms with Crippen molar-refractivity contribution in [2.24, 2.45) is 4.99 Å². The molecule has 4 rings (SSSR count). The molecule has 5 heteroatoms. The minimum atomic E-state index is -0.346. The lowest BCUT2D eigenvalue weighted by molar-refractivity contribution is -0.117. The molecule has 0 saturated carbocycles. The summed E-state index contributed by atoms with van der Waals surface area (Å²) in [5.41, 5.74) is 3.92. The fraction of sp³-hybridized carbons (Fsp3) is 0.273. The maximum absolute atomic E-state index is 11.8. The first-order chi connectivity index (χ1) is 13.1. The number of aliphatic imine (C=N–C) groups is 1. The zero-order valence-corrected chi connectivity index (χ0v) is 16.2. The van der Waals surface area contributed by atoms with E-state index in [9.17, 15) is 4.79 Å². The Morgan fingerprint density at radius 1 is 1.00 bits per heavy atom. The molecule has 5 nitrogen and oxygen atoms in total. The molecule has 1 aromatic heterocycles. The summed E-state index contributed by atoms with van der Waals surface area (Å²) in [6, 6.07) is 17.8. The SMILES string of the molecule is CC.CC(=O)C[C@@H]1N=C(c2ccccc2)c2ccccc2-n2c(C)nnc21. The van der Waals surface area contributed by atoms with Crippen LogP contribution >= 0.6 is 0 Å². The molecule has 2 aromatic carbocycles. The molecule has 0 aliphatic carbocycles. The highest BCUT2D eigenvalue weighted by atomic mass is 16.1. The predicted octanol–water partition coefficient (Wildman–Crippen LogP) is 4.47. The van der Waals surface area contributed by atoms with E-state index in [0.29, 0.717) is 12.2 Å². The van der Waals surface area contributed by atoms with Gasteiger partial charge in [-0.1, -0.05) is 62.4 Å². The Hall–Kier alpha value is -3.08. The van der Waals surface area contributed by atoms with Gasteiger partial charge in [0.1, 0.15) is 17.6 Å². The molecule has 1 atom stereocenters. The number of nitrogens with zero attached hydrogens (tertiary/aromatic N) is 4. The van der Waals surface area contributed by atoms with E-state index in [0.717, 1.165) is 28.4 Å². The second-order valence-corrected chi connectivity index (χ2v) is 6.22. The van der Waals surface area contributed by atoms with E-state index in [-0.39, 0.29) is 11.8 Å². The number of fused-ring (bicyclic) bond motifs is 3. The fourth-order valence-corrected chi connectivity index (χ4v) is 3.28. The van der Waals surface area contributed by atoms with Gasteiger partial charge >= 0.3 is 0 Å². The van der Waals surface area contributed by atoms with E-state index in [1.807, 2.05) is 73.9 Å². The van der Waals surface area contributed by atoms with Crippen LogP contribution in [0.25, 0.3) is 5.69 Å². The van der Waals surface area contributed by atoms with Crippen molar-refractivity contribution >= 4 is 11.5 Å². The van der Waals surface area contributed by atoms with Crippen LogP contribution in [0.15, 0.2) is 59.6 Å². The summed E-state index contributed by atoms with van der Waals surface area (Å²) in [7, 11) is 0. The quantitative estimate of drug-likeness (QED) is 0.692. The average Bonchev–Trinajstić information content (AvgIpc) is 3.02. The van der Waals surface area contributed by atoms with Gasteiger partial charge < -0.3 is 0 Å². The van der Waals surface area contributed by atoms with E-state index < -0.39 is 0 Å². The number of ketones is 1. The van der Waals surface area contributed by atoms with E-state index in [4.69, 9.17) is 4.99 Å². The van der Waals surface area contributed by atoms with Gasteiger partial charge in [-0.15, -0.1) is 10.2 Å². The molecular weight excluding hydrogens is 336 g/mol. The summed E-state index contributed by atoms with van der Waals surface area (Å²) >= 11 is 0. The standard InChI is InChI=1S/C20H18N4O.C2H6/c1-13(25)12-17-20-23-22-14(2)24(20)18-11-7-6-10-16(18)19(21-17)15-8-4-3-5-9-15;1-2/h3-11,17H,12H2,1-2H3;1-2H3/t17-;/m0./s1. The van der Waals surface area contributed by atoms with Gasteiger partial charge in [0.25, 0.3) is 0 Å². The van der Waals surface area contributed by atoms with Crippen molar-refractivity contribution in [1.82, 2.24) is 14.8 Å². The first-order valence-electron chi connectivity index (χ1n) is 9.29. The third-order valence-electron chi connectivity index (χ3n) is 4.36. The third-order valence-corrected chi connectivity index (χ3v) is 4.36. The van der Waals surface area contributed by atoms with Gasteiger partial charge in [0.05, 0.1) is 11.4 Å². The van der Waals surface area contributed by atoms with Crippen LogP contribution in [0.1, 0.15) is 56.0 Å². The van der Waals surface area contributed by atoms with Crippen LogP contribution in [0.5, 0.6) is 0 Å². The van der Waals surface area contributed by atoms with Gasteiger partial charge in [-0.25, -0.2) is 0 Å². The van der Waals surface area contributed by atoms with Gasteiger partial charge in [0.15, 0.2) is 5.82 Å². The van der Waals surface area contributed by atoms with Crippen LogP contribution < -0.4 is 0 Å². The summed E-state index contributed by atoms with van der Waals surface area (Å²) in [6.07, 6.45) is 0.308. The second kappa shape index (κ2) is 8.08. The molecule has 0 fully saturated rings. The van der Waals surface area contributed by atoms with Crippen molar-refractivity contribution in [3.8, 4) is 5.69 Å². The summed E-state index contributed by atoms with van der Waals surface area (Å²) in [5, 5.41) is 8.56. The zero-order chi connectivity index (χ0) is 19.4. The van der Waals surface area contributed by atoms with Crippen molar-refractivity contribution in [3.05, 3.63) is 77.4 Å². The van der Waals surface area contributed by atoms with Gasteiger partial charge in [-0.3, -0.25) is 14.4 Å². The Morgan fingerprint density at radius 2 is 1.67 bits per heavy atom. The number of aromatic nitrogens is 3. The molecular formula is C22H24N4O. The zero-order valence-electron chi connectivity index (χ0n) is 16.2. The Bertz CT molecular complexity index is 973. The van der Waals surface area contributed by atoms with E-state index in [2.05, 4.69) is 16.3 Å². The molecule has 3 aromatic rings. The predicted molar refractivity (Wildman–Crippen MR) is 108 cm³/mol. The van der Waals surface area contributed by atoms with Crippen LogP contribution in [0.2, 0.25) is 0 Å². The lowest BCUT2D eigenvalue weighted by atomic mass is 10.0. The van der Waals surface area contributed by atoms with E-state index >= 15 is 0 Å². The molecule has 2 heterocycles. The van der Waals surface area contributed by atoms with Crippen LogP contribution in [0.3, 0.4) is 0 Å². The van der Waals surface area contributed by atoms with Gasteiger partial charge in [0, 0.05) is 17.5 Å². The molecule has 0 saturated heterocycles. The number of hydrogen-bond acceptors (Lipinski definition) is 4. The van der Waals surface area contributed by atoms with Crippen molar-refractivity contribution in [2.45, 2.75) is 40.2 Å². The fourth-order valence-electron chi connectivity index (χ4n) is 3.28. The van der Waals surface area contributed by atoms with Crippen LogP contribution in [0.4, 0.5) is 0 Å². The monoisotopic (exact) mass is 360 g/mol. The lowest BCUT2D eigenvalue weighted by Gasteiger charge is -2.12. The highest BCUT2D eigenvalue weighted by molar-refractivity contribution is 6.15. The van der Waals surface area contributed by atoms with Gasteiger partial charge in [-0.05, 0) is 19.9 Å². The second-order valence-electron chi connectivity index (χ2n) is 6.22. The van der Waals surface area contributed by atoms with Crippen molar-refractivity contribution < 1.29 is 4.79 Å². The average molecular weight is 360 g/mol. The number of carbonyl (C=O) groups excluding carboxylic acids is 1.